The van der Waals surface area contributed by atoms with E-state index in [9.17, 15) is 9.59 Å². The average molecular weight is 329 g/mol. The number of carbonyl (C=O) groups excluding carboxylic acids is 2. The Morgan fingerprint density at radius 1 is 1.17 bits per heavy atom. The van der Waals surface area contributed by atoms with Crippen LogP contribution >= 0.6 is 0 Å². The second kappa shape index (κ2) is 9.21. The van der Waals surface area contributed by atoms with Gasteiger partial charge in [0.05, 0.1) is 12.8 Å². The highest BCUT2D eigenvalue weighted by Gasteiger charge is 2.21. The van der Waals surface area contributed by atoms with Crippen LogP contribution in [0.5, 0.6) is 0 Å². The molecule has 130 valence electrons. The van der Waals surface area contributed by atoms with Crippen LogP contribution in [0.1, 0.15) is 63.0 Å². The third-order valence-corrected chi connectivity index (χ3v) is 4.41. The van der Waals surface area contributed by atoms with Crippen molar-refractivity contribution < 1.29 is 9.59 Å². The van der Waals surface area contributed by atoms with Crippen LogP contribution in [0.3, 0.4) is 0 Å². The quantitative estimate of drug-likeness (QED) is 0.622. The van der Waals surface area contributed by atoms with E-state index in [1.165, 1.54) is 12.0 Å². The van der Waals surface area contributed by atoms with E-state index < -0.39 is 0 Å². The van der Waals surface area contributed by atoms with E-state index in [1.807, 2.05) is 12.1 Å². The molecule has 1 aromatic carbocycles. The number of hydrogen-bond acceptors (Lipinski definition) is 3. The molecular weight excluding hydrogens is 302 g/mol. The van der Waals surface area contributed by atoms with Gasteiger partial charge in [0.15, 0.2) is 0 Å². The largest absolute Gasteiger partial charge is 0.347 e. The molecule has 1 aromatic rings. The summed E-state index contributed by atoms with van der Waals surface area (Å²) in [5.41, 5.74) is 4.63. The summed E-state index contributed by atoms with van der Waals surface area (Å²) in [5.74, 6) is 0.227. The van der Waals surface area contributed by atoms with Crippen LogP contribution in [0, 0.1) is 5.92 Å². The lowest BCUT2D eigenvalue weighted by Crippen LogP contribution is -2.38. The minimum absolute atomic E-state index is 0.0156. The molecule has 0 radical (unpaired) electrons. The molecule has 0 heterocycles. The molecule has 0 spiro atoms. The summed E-state index contributed by atoms with van der Waals surface area (Å²) in [4.78, 5) is 23.7. The van der Waals surface area contributed by atoms with Gasteiger partial charge in [0.1, 0.15) is 0 Å². The monoisotopic (exact) mass is 329 g/mol. The van der Waals surface area contributed by atoms with Crippen molar-refractivity contribution >= 4 is 18.0 Å². The maximum atomic E-state index is 12.0. The van der Waals surface area contributed by atoms with Gasteiger partial charge in [0, 0.05) is 5.92 Å². The van der Waals surface area contributed by atoms with Gasteiger partial charge in [-0.3, -0.25) is 9.59 Å². The van der Waals surface area contributed by atoms with Crippen molar-refractivity contribution in [3.63, 3.8) is 0 Å². The first kappa shape index (κ1) is 18.2. The average Bonchev–Trinajstić information content (AvgIpc) is 2.61. The lowest BCUT2D eigenvalue weighted by atomic mass is 9.89. The van der Waals surface area contributed by atoms with Crippen molar-refractivity contribution in [2.24, 2.45) is 11.0 Å². The highest BCUT2D eigenvalue weighted by molar-refractivity contribution is 5.87. The van der Waals surface area contributed by atoms with Crippen LogP contribution in [0.2, 0.25) is 0 Å². The molecule has 0 aliphatic heterocycles. The van der Waals surface area contributed by atoms with Crippen LogP contribution in [0.15, 0.2) is 29.4 Å². The second-order valence-electron chi connectivity index (χ2n) is 6.67. The first-order chi connectivity index (χ1) is 11.6. The fourth-order valence-corrected chi connectivity index (χ4v) is 2.86. The van der Waals surface area contributed by atoms with E-state index in [2.05, 4.69) is 41.8 Å². The van der Waals surface area contributed by atoms with Crippen LogP contribution < -0.4 is 10.7 Å². The van der Waals surface area contributed by atoms with Gasteiger partial charge in [-0.25, -0.2) is 5.43 Å². The lowest BCUT2D eigenvalue weighted by Gasteiger charge is -2.20. The van der Waals surface area contributed by atoms with Crippen molar-refractivity contribution in [2.75, 3.05) is 6.54 Å². The lowest BCUT2D eigenvalue weighted by molar-refractivity contribution is -0.129. The molecule has 0 bridgehead atoms. The van der Waals surface area contributed by atoms with Crippen molar-refractivity contribution in [3.8, 4) is 0 Å². The van der Waals surface area contributed by atoms with Crippen LogP contribution in [-0.2, 0) is 9.59 Å². The van der Waals surface area contributed by atoms with E-state index >= 15 is 0 Å². The standard InChI is InChI=1S/C19H27N3O2/c1-14(2)16-10-8-15(9-11-16)12-21-22-18(23)13-20-19(24)17-6-4-3-5-7-17/h8-12,14,17H,3-7,13H2,1-2H3,(H,20,24)(H,22,23). The fourth-order valence-electron chi connectivity index (χ4n) is 2.86. The number of benzene rings is 1. The molecule has 1 aliphatic rings. The topological polar surface area (TPSA) is 70.6 Å². The van der Waals surface area contributed by atoms with E-state index in [1.54, 1.807) is 6.21 Å². The van der Waals surface area contributed by atoms with Gasteiger partial charge in [-0.05, 0) is 29.9 Å². The zero-order valence-electron chi connectivity index (χ0n) is 14.5. The van der Waals surface area contributed by atoms with E-state index in [0.29, 0.717) is 5.92 Å². The van der Waals surface area contributed by atoms with Gasteiger partial charge in [-0.1, -0.05) is 57.4 Å². The van der Waals surface area contributed by atoms with Crippen LogP contribution in [0.4, 0.5) is 0 Å². The van der Waals surface area contributed by atoms with Crippen LogP contribution in [-0.4, -0.2) is 24.6 Å². The first-order valence-electron chi connectivity index (χ1n) is 8.76. The Bertz CT molecular complexity index is 573. The van der Waals surface area contributed by atoms with Crippen molar-refractivity contribution in [1.82, 2.24) is 10.7 Å². The highest BCUT2D eigenvalue weighted by Crippen LogP contribution is 2.23. The SMILES string of the molecule is CC(C)c1ccc(C=NNC(=O)CNC(=O)C2CCCCC2)cc1. The Balaban J connectivity index is 1.71. The Morgan fingerprint density at radius 2 is 1.83 bits per heavy atom. The molecule has 0 atom stereocenters. The summed E-state index contributed by atoms with van der Waals surface area (Å²) in [7, 11) is 0. The molecule has 2 N–H and O–H groups in total. The molecule has 0 unspecified atom stereocenters. The molecule has 24 heavy (non-hydrogen) atoms. The first-order valence-corrected chi connectivity index (χ1v) is 8.76. The van der Waals surface area contributed by atoms with Crippen LogP contribution in [0.25, 0.3) is 0 Å². The second-order valence-corrected chi connectivity index (χ2v) is 6.67. The summed E-state index contributed by atoms with van der Waals surface area (Å²) in [5, 5.41) is 6.63. The van der Waals surface area contributed by atoms with E-state index in [-0.39, 0.29) is 24.3 Å². The van der Waals surface area contributed by atoms with E-state index in [0.717, 1.165) is 31.2 Å². The Kier molecular flexibility index (Phi) is 6.97. The maximum Gasteiger partial charge on any atom is 0.259 e. The number of nitrogens with zero attached hydrogens (tertiary/aromatic N) is 1. The molecule has 0 aromatic heterocycles. The zero-order chi connectivity index (χ0) is 17.4. The molecule has 1 saturated carbocycles. The fraction of sp³-hybridized carbons (Fsp3) is 0.526. The summed E-state index contributed by atoms with van der Waals surface area (Å²) in [6.45, 7) is 4.26. The number of rotatable bonds is 6. The van der Waals surface area contributed by atoms with Gasteiger partial charge in [-0.15, -0.1) is 0 Å². The molecule has 2 amide bonds. The highest BCUT2D eigenvalue weighted by atomic mass is 16.2. The van der Waals surface area contributed by atoms with Crippen molar-refractivity contribution in [1.29, 1.82) is 0 Å². The van der Waals surface area contributed by atoms with Gasteiger partial charge >= 0.3 is 0 Å². The summed E-state index contributed by atoms with van der Waals surface area (Å²) in [6.07, 6.45) is 6.87. The minimum Gasteiger partial charge on any atom is -0.347 e. The van der Waals surface area contributed by atoms with Gasteiger partial charge in [-0.2, -0.15) is 5.10 Å². The molecule has 0 saturated heterocycles. The predicted molar refractivity (Wildman–Crippen MR) is 95.9 cm³/mol. The molecule has 1 aliphatic carbocycles. The molecule has 2 rings (SSSR count). The predicted octanol–water partition coefficient (Wildman–Crippen LogP) is 2.96. The Hall–Kier alpha value is -2.17. The number of carbonyl (C=O) groups is 2. The summed E-state index contributed by atoms with van der Waals surface area (Å²) in [6, 6.07) is 8.04. The molecular formula is C19H27N3O2. The third kappa shape index (κ3) is 5.80. The minimum atomic E-state index is -0.311. The summed E-state index contributed by atoms with van der Waals surface area (Å²) >= 11 is 0. The summed E-state index contributed by atoms with van der Waals surface area (Å²) < 4.78 is 0. The van der Waals surface area contributed by atoms with Gasteiger partial charge < -0.3 is 5.32 Å². The zero-order valence-corrected chi connectivity index (χ0v) is 14.5. The van der Waals surface area contributed by atoms with Gasteiger partial charge in [0.25, 0.3) is 5.91 Å². The smallest absolute Gasteiger partial charge is 0.259 e. The number of amides is 2. The van der Waals surface area contributed by atoms with E-state index in [4.69, 9.17) is 0 Å². The molecule has 1 fully saturated rings. The Morgan fingerprint density at radius 3 is 2.46 bits per heavy atom. The Labute approximate surface area is 143 Å². The third-order valence-electron chi connectivity index (χ3n) is 4.41. The number of hydrogen-bond donors (Lipinski definition) is 2. The number of nitrogens with one attached hydrogen (secondary N) is 2. The number of hydrazone groups is 1. The van der Waals surface area contributed by atoms with Gasteiger partial charge in [0.2, 0.25) is 5.91 Å². The maximum absolute atomic E-state index is 12.0. The normalized spacial score (nSPS) is 15.6. The molecule has 5 nitrogen and oxygen atoms in total. The van der Waals surface area contributed by atoms with Crippen molar-refractivity contribution in [3.05, 3.63) is 35.4 Å². The van der Waals surface area contributed by atoms with Crippen molar-refractivity contribution in [2.45, 2.75) is 51.9 Å². The molecule has 5 heteroatoms.